The topological polar surface area (TPSA) is 0 Å². The van der Waals surface area contributed by atoms with E-state index < -0.39 is 0 Å². The summed E-state index contributed by atoms with van der Waals surface area (Å²) in [7, 11) is 0. The molecule has 0 spiro atoms. The summed E-state index contributed by atoms with van der Waals surface area (Å²) in [5.41, 5.74) is 5.20. The SMILES string of the molecule is C/C=C\C=C(/CC)c1ccc2c(ccc3cc(-c4ccccc4)ccc32)c1. The fourth-order valence-corrected chi connectivity index (χ4v) is 3.71. The van der Waals surface area contributed by atoms with Crippen molar-refractivity contribution in [2.24, 2.45) is 0 Å². The molecule has 0 saturated heterocycles. The van der Waals surface area contributed by atoms with Gasteiger partial charge in [0.15, 0.2) is 0 Å². The van der Waals surface area contributed by atoms with Gasteiger partial charge in [-0.3, -0.25) is 0 Å². The highest BCUT2D eigenvalue weighted by Crippen LogP contribution is 2.31. The molecule has 4 aromatic rings. The molecule has 0 heteroatoms. The van der Waals surface area contributed by atoms with Gasteiger partial charge in [-0.25, -0.2) is 0 Å². The van der Waals surface area contributed by atoms with E-state index in [2.05, 4.69) is 111 Å². The predicted octanol–water partition coefficient (Wildman–Crippen LogP) is 8.03. The van der Waals surface area contributed by atoms with Gasteiger partial charge in [-0.2, -0.15) is 0 Å². The van der Waals surface area contributed by atoms with Gasteiger partial charge in [0.2, 0.25) is 0 Å². The van der Waals surface area contributed by atoms with E-state index in [4.69, 9.17) is 0 Å². The Bertz CT molecular complexity index is 1140. The Morgan fingerprint density at radius 2 is 1.44 bits per heavy atom. The van der Waals surface area contributed by atoms with Crippen molar-refractivity contribution >= 4 is 27.1 Å². The van der Waals surface area contributed by atoms with E-state index in [9.17, 15) is 0 Å². The third kappa shape index (κ3) is 3.44. The second kappa shape index (κ2) is 7.63. The van der Waals surface area contributed by atoms with E-state index in [1.807, 2.05) is 0 Å². The average Bonchev–Trinajstić information content (AvgIpc) is 2.74. The van der Waals surface area contributed by atoms with Gasteiger partial charge in [-0.05, 0) is 69.3 Å². The molecular weight excluding hydrogens is 324 g/mol. The largest absolute Gasteiger partial charge is 0.0877 e. The molecule has 0 aliphatic heterocycles. The number of rotatable bonds is 4. The highest BCUT2D eigenvalue weighted by atomic mass is 14.1. The zero-order valence-electron chi connectivity index (χ0n) is 15.9. The van der Waals surface area contributed by atoms with E-state index in [0.717, 1.165) is 6.42 Å². The zero-order chi connectivity index (χ0) is 18.6. The summed E-state index contributed by atoms with van der Waals surface area (Å²) in [6, 6.07) is 28.7. The van der Waals surface area contributed by atoms with Crippen molar-refractivity contribution in [3.63, 3.8) is 0 Å². The highest BCUT2D eigenvalue weighted by molar-refractivity contribution is 6.09. The maximum absolute atomic E-state index is 2.32. The Morgan fingerprint density at radius 1 is 0.741 bits per heavy atom. The molecule has 0 fully saturated rings. The van der Waals surface area contributed by atoms with Crippen LogP contribution in [-0.4, -0.2) is 0 Å². The minimum Gasteiger partial charge on any atom is -0.0877 e. The highest BCUT2D eigenvalue weighted by Gasteiger charge is 2.06. The van der Waals surface area contributed by atoms with Gasteiger partial charge < -0.3 is 0 Å². The summed E-state index contributed by atoms with van der Waals surface area (Å²) in [4.78, 5) is 0. The number of hydrogen-bond acceptors (Lipinski definition) is 0. The Hall–Kier alpha value is -3.12. The lowest BCUT2D eigenvalue weighted by atomic mass is 9.94. The average molecular weight is 348 g/mol. The lowest BCUT2D eigenvalue weighted by Crippen LogP contribution is -1.85. The van der Waals surface area contributed by atoms with Crippen molar-refractivity contribution in [3.8, 4) is 11.1 Å². The van der Waals surface area contributed by atoms with Crippen molar-refractivity contribution in [2.75, 3.05) is 0 Å². The lowest BCUT2D eigenvalue weighted by molar-refractivity contribution is 1.24. The molecule has 0 aliphatic rings. The van der Waals surface area contributed by atoms with Crippen LogP contribution in [0, 0.1) is 0 Å². The van der Waals surface area contributed by atoms with Crippen LogP contribution in [0.2, 0.25) is 0 Å². The number of hydrogen-bond donors (Lipinski definition) is 0. The zero-order valence-corrected chi connectivity index (χ0v) is 15.9. The molecule has 0 atom stereocenters. The molecule has 0 amide bonds. The monoisotopic (exact) mass is 348 g/mol. The quantitative estimate of drug-likeness (QED) is 0.259. The first-order valence-corrected chi connectivity index (χ1v) is 9.64. The molecule has 0 bridgehead atoms. The van der Waals surface area contributed by atoms with Crippen LogP contribution < -0.4 is 0 Å². The molecule has 4 aromatic carbocycles. The van der Waals surface area contributed by atoms with Crippen LogP contribution in [0.4, 0.5) is 0 Å². The molecule has 4 rings (SSSR count). The van der Waals surface area contributed by atoms with Gasteiger partial charge in [0.1, 0.15) is 0 Å². The standard InChI is InChI=1S/C27H24/c1-3-5-9-20(4-2)22-14-16-26-24(18-22)12-13-25-19-23(15-17-27(25)26)21-10-7-6-8-11-21/h3,5-19H,4H2,1-2H3/b5-3-,20-9+. The summed E-state index contributed by atoms with van der Waals surface area (Å²) >= 11 is 0. The maximum Gasteiger partial charge on any atom is -0.0105 e. The Morgan fingerprint density at radius 3 is 2.15 bits per heavy atom. The predicted molar refractivity (Wildman–Crippen MR) is 120 cm³/mol. The third-order valence-corrected chi connectivity index (χ3v) is 5.18. The molecule has 0 radical (unpaired) electrons. The van der Waals surface area contributed by atoms with Crippen LogP contribution in [0.15, 0.2) is 97.1 Å². The Kier molecular flexibility index (Phi) is 4.89. The van der Waals surface area contributed by atoms with Crippen molar-refractivity contribution in [3.05, 3.63) is 103 Å². The normalized spacial score (nSPS) is 12.3. The molecule has 0 heterocycles. The van der Waals surface area contributed by atoms with E-state index in [1.165, 1.54) is 43.8 Å². The molecule has 0 unspecified atom stereocenters. The molecule has 27 heavy (non-hydrogen) atoms. The van der Waals surface area contributed by atoms with Gasteiger partial charge in [0.25, 0.3) is 0 Å². The first kappa shape index (κ1) is 17.3. The van der Waals surface area contributed by atoms with Crippen LogP contribution in [0.3, 0.4) is 0 Å². The van der Waals surface area contributed by atoms with Gasteiger partial charge in [0.05, 0.1) is 0 Å². The number of allylic oxidation sites excluding steroid dienone is 4. The minimum absolute atomic E-state index is 1.03. The van der Waals surface area contributed by atoms with Crippen molar-refractivity contribution < 1.29 is 0 Å². The van der Waals surface area contributed by atoms with E-state index in [-0.39, 0.29) is 0 Å². The summed E-state index contributed by atoms with van der Waals surface area (Å²) in [5, 5.41) is 5.22. The first-order valence-electron chi connectivity index (χ1n) is 9.64. The summed E-state index contributed by atoms with van der Waals surface area (Å²) in [6.07, 6.45) is 7.45. The van der Waals surface area contributed by atoms with Gasteiger partial charge in [-0.15, -0.1) is 0 Å². The van der Waals surface area contributed by atoms with Gasteiger partial charge in [0, 0.05) is 0 Å². The fourth-order valence-electron chi connectivity index (χ4n) is 3.71. The number of fused-ring (bicyclic) bond motifs is 3. The van der Waals surface area contributed by atoms with Crippen molar-refractivity contribution in [1.29, 1.82) is 0 Å². The second-order valence-corrected chi connectivity index (χ2v) is 6.87. The van der Waals surface area contributed by atoms with E-state index >= 15 is 0 Å². The molecule has 0 N–H and O–H groups in total. The number of benzene rings is 4. The summed E-state index contributed by atoms with van der Waals surface area (Å²) in [5.74, 6) is 0. The summed E-state index contributed by atoms with van der Waals surface area (Å²) in [6.45, 7) is 4.27. The second-order valence-electron chi connectivity index (χ2n) is 6.87. The van der Waals surface area contributed by atoms with Crippen LogP contribution >= 0.6 is 0 Å². The lowest BCUT2D eigenvalue weighted by Gasteiger charge is -2.10. The minimum atomic E-state index is 1.03. The van der Waals surface area contributed by atoms with Crippen molar-refractivity contribution in [1.82, 2.24) is 0 Å². The molecule has 0 aliphatic carbocycles. The van der Waals surface area contributed by atoms with Crippen LogP contribution in [-0.2, 0) is 0 Å². The van der Waals surface area contributed by atoms with E-state index in [0.29, 0.717) is 0 Å². The maximum atomic E-state index is 2.32. The Balaban J connectivity index is 1.82. The van der Waals surface area contributed by atoms with E-state index in [1.54, 1.807) is 0 Å². The molecule has 132 valence electrons. The Labute approximate surface area is 161 Å². The van der Waals surface area contributed by atoms with Crippen molar-refractivity contribution in [2.45, 2.75) is 20.3 Å². The van der Waals surface area contributed by atoms with Crippen LogP contribution in [0.25, 0.3) is 38.2 Å². The smallest absolute Gasteiger partial charge is 0.0105 e. The molecule has 0 nitrogen and oxygen atoms in total. The van der Waals surface area contributed by atoms with Crippen LogP contribution in [0.5, 0.6) is 0 Å². The van der Waals surface area contributed by atoms with Crippen LogP contribution in [0.1, 0.15) is 25.8 Å². The summed E-state index contributed by atoms with van der Waals surface area (Å²) < 4.78 is 0. The fraction of sp³-hybridized carbons (Fsp3) is 0.111. The first-order chi connectivity index (χ1) is 13.3. The molecule has 0 saturated carbocycles. The molecule has 0 aromatic heterocycles. The van der Waals surface area contributed by atoms with Gasteiger partial charge in [-0.1, -0.05) is 91.9 Å². The van der Waals surface area contributed by atoms with Gasteiger partial charge >= 0.3 is 0 Å². The third-order valence-electron chi connectivity index (χ3n) is 5.18. The molecular formula is C27H24.